The molecule has 0 radical (unpaired) electrons. The van der Waals surface area contributed by atoms with E-state index in [1.807, 2.05) is 12.1 Å². The van der Waals surface area contributed by atoms with Crippen LogP contribution in [0, 0.1) is 0 Å². The smallest absolute Gasteiger partial charge is 0.108 e. The molecule has 0 N–H and O–H groups in total. The first-order valence-electron chi connectivity index (χ1n) is 5.56. The molecule has 0 saturated heterocycles. The van der Waals surface area contributed by atoms with Crippen LogP contribution >= 0.6 is 15.9 Å². The third kappa shape index (κ3) is 2.05. The molecule has 2 aromatic rings. The van der Waals surface area contributed by atoms with Crippen molar-refractivity contribution in [2.45, 2.75) is 13.8 Å². The third-order valence-electron chi connectivity index (χ3n) is 2.77. The zero-order valence-corrected chi connectivity index (χ0v) is 11.2. The van der Waals surface area contributed by atoms with Crippen LogP contribution in [0.5, 0.6) is 0 Å². The number of anilines is 1. The number of halogens is 1. The summed E-state index contributed by atoms with van der Waals surface area (Å²) in [7, 11) is 0. The molecule has 1 aromatic carbocycles. The highest BCUT2D eigenvalue weighted by atomic mass is 79.9. The van der Waals surface area contributed by atoms with Gasteiger partial charge in [-0.15, -0.1) is 0 Å². The molecule has 1 heterocycles. The molecule has 2 rings (SSSR count). The molecule has 84 valence electrons. The Balaban J connectivity index is 2.66. The molecular weight excluding hydrogens is 264 g/mol. The summed E-state index contributed by atoms with van der Waals surface area (Å²) >= 11 is 3.47. The minimum atomic E-state index is 0.896. The first kappa shape index (κ1) is 11.4. The van der Waals surface area contributed by atoms with Gasteiger partial charge in [-0.3, -0.25) is 0 Å². The predicted octanol–water partition coefficient (Wildman–Crippen LogP) is 3.84. The molecule has 2 nitrogen and oxygen atoms in total. The maximum absolute atomic E-state index is 4.48. The van der Waals surface area contributed by atoms with E-state index in [4.69, 9.17) is 0 Å². The van der Waals surface area contributed by atoms with E-state index in [2.05, 4.69) is 57.9 Å². The molecule has 1 aromatic heterocycles. The standard InChI is InChI=1S/C13H15BrN2/c1-3-16(4-2)12-9-13(14)15-11-8-6-5-7-10(11)12/h5-9H,3-4H2,1-2H3. The van der Waals surface area contributed by atoms with Gasteiger partial charge in [-0.05, 0) is 41.9 Å². The lowest BCUT2D eigenvalue weighted by Crippen LogP contribution is -2.22. The van der Waals surface area contributed by atoms with E-state index >= 15 is 0 Å². The van der Waals surface area contributed by atoms with Gasteiger partial charge < -0.3 is 4.90 Å². The van der Waals surface area contributed by atoms with Crippen LogP contribution in [-0.4, -0.2) is 18.1 Å². The summed E-state index contributed by atoms with van der Waals surface area (Å²) in [5.41, 5.74) is 2.29. The van der Waals surface area contributed by atoms with Crippen molar-refractivity contribution in [2.24, 2.45) is 0 Å². The van der Waals surface area contributed by atoms with Crippen molar-refractivity contribution in [3.63, 3.8) is 0 Å². The maximum Gasteiger partial charge on any atom is 0.108 e. The van der Waals surface area contributed by atoms with Gasteiger partial charge in [-0.1, -0.05) is 18.2 Å². The number of hydrogen-bond donors (Lipinski definition) is 0. The van der Waals surface area contributed by atoms with E-state index in [0.29, 0.717) is 0 Å². The molecule has 16 heavy (non-hydrogen) atoms. The van der Waals surface area contributed by atoms with Crippen LogP contribution in [0.2, 0.25) is 0 Å². The van der Waals surface area contributed by atoms with Gasteiger partial charge in [0.05, 0.1) is 5.52 Å². The van der Waals surface area contributed by atoms with Crippen LogP contribution < -0.4 is 4.90 Å². The van der Waals surface area contributed by atoms with Gasteiger partial charge >= 0.3 is 0 Å². The molecular formula is C13H15BrN2. The summed E-state index contributed by atoms with van der Waals surface area (Å²) < 4.78 is 0.896. The Kier molecular flexibility index (Phi) is 3.44. The summed E-state index contributed by atoms with van der Waals surface area (Å²) in [6, 6.07) is 10.4. The first-order valence-corrected chi connectivity index (χ1v) is 6.35. The maximum atomic E-state index is 4.48. The number of fused-ring (bicyclic) bond motifs is 1. The summed E-state index contributed by atoms with van der Waals surface area (Å²) in [5.74, 6) is 0. The zero-order valence-electron chi connectivity index (χ0n) is 9.57. The molecule has 0 spiro atoms. The molecule has 0 atom stereocenters. The molecule has 0 unspecified atom stereocenters. The molecule has 0 amide bonds. The zero-order chi connectivity index (χ0) is 11.5. The molecule has 0 saturated carbocycles. The highest BCUT2D eigenvalue weighted by Gasteiger charge is 2.08. The highest BCUT2D eigenvalue weighted by Crippen LogP contribution is 2.28. The van der Waals surface area contributed by atoms with Crippen molar-refractivity contribution >= 4 is 32.5 Å². The van der Waals surface area contributed by atoms with E-state index < -0.39 is 0 Å². The van der Waals surface area contributed by atoms with Crippen molar-refractivity contribution in [1.82, 2.24) is 4.98 Å². The van der Waals surface area contributed by atoms with E-state index in [9.17, 15) is 0 Å². The van der Waals surface area contributed by atoms with Gasteiger partial charge in [0.25, 0.3) is 0 Å². The van der Waals surface area contributed by atoms with Gasteiger partial charge in [-0.2, -0.15) is 0 Å². The molecule has 0 aliphatic rings. The first-order chi connectivity index (χ1) is 7.76. The van der Waals surface area contributed by atoms with E-state index in [1.54, 1.807) is 0 Å². The van der Waals surface area contributed by atoms with Crippen molar-refractivity contribution in [3.8, 4) is 0 Å². The second kappa shape index (κ2) is 4.83. The number of para-hydroxylation sites is 1. The van der Waals surface area contributed by atoms with Gasteiger partial charge in [0, 0.05) is 24.2 Å². The topological polar surface area (TPSA) is 16.1 Å². The van der Waals surface area contributed by atoms with Crippen molar-refractivity contribution in [1.29, 1.82) is 0 Å². The summed E-state index contributed by atoms with van der Waals surface area (Å²) in [4.78, 5) is 6.82. The van der Waals surface area contributed by atoms with Gasteiger partial charge in [0.15, 0.2) is 0 Å². The average Bonchev–Trinajstić information content (AvgIpc) is 2.30. The van der Waals surface area contributed by atoms with Crippen molar-refractivity contribution in [3.05, 3.63) is 34.9 Å². The second-order valence-electron chi connectivity index (χ2n) is 3.65. The van der Waals surface area contributed by atoms with E-state index in [1.165, 1.54) is 11.1 Å². The van der Waals surface area contributed by atoms with Gasteiger partial charge in [-0.25, -0.2) is 4.98 Å². The van der Waals surface area contributed by atoms with Crippen LogP contribution in [-0.2, 0) is 0 Å². The van der Waals surface area contributed by atoms with Crippen LogP contribution in [0.1, 0.15) is 13.8 Å². The Morgan fingerprint density at radius 3 is 2.56 bits per heavy atom. The highest BCUT2D eigenvalue weighted by molar-refractivity contribution is 9.10. The monoisotopic (exact) mass is 278 g/mol. The van der Waals surface area contributed by atoms with Crippen LogP contribution in [0.15, 0.2) is 34.9 Å². The van der Waals surface area contributed by atoms with E-state index in [-0.39, 0.29) is 0 Å². The van der Waals surface area contributed by atoms with Crippen LogP contribution in [0.25, 0.3) is 10.9 Å². The Labute approximate surface area is 104 Å². The SMILES string of the molecule is CCN(CC)c1cc(Br)nc2ccccc12. The fourth-order valence-corrected chi connectivity index (χ4v) is 2.36. The number of nitrogens with zero attached hydrogens (tertiary/aromatic N) is 2. The molecule has 0 bridgehead atoms. The Hall–Kier alpha value is -1.09. The summed E-state index contributed by atoms with van der Waals surface area (Å²) in [6.45, 7) is 6.37. The van der Waals surface area contributed by atoms with Crippen LogP contribution in [0.4, 0.5) is 5.69 Å². The normalized spacial score (nSPS) is 10.7. The Bertz CT molecular complexity index is 492. The minimum Gasteiger partial charge on any atom is -0.371 e. The lowest BCUT2D eigenvalue weighted by Gasteiger charge is -2.22. The predicted molar refractivity (Wildman–Crippen MR) is 73.0 cm³/mol. The van der Waals surface area contributed by atoms with Crippen LogP contribution in [0.3, 0.4) is 0 Å². The lowest BCUT2D eigenvalue weighted by atomic mass is 10.1. The minimum absolute atomic E-state index is 0.896. The quantitative estimate of drug-likeness (QED) is 0.793. The number of rotatable bonds is 3. The fraction of sp³-hybridized carbons (Fsp3) is 0.308. The lowest BCUT2D eigenvalue weighted by molar-refractivity contribution is 0.869. The number of hydrogen-bond acceptors (Lipinski definition) is 2. The molecule has 0 aliphatic carbocycles. The van der Waals surface area contributed by atoms with E-state index in [0.717, 1.165) is 23.2 Å². The fourth-order valence-electron chi connectivity index (χ4n) is 1.95. The number of pyridine rings is 1. The van der Waals surface area contributed by atoms with Gasteiger partial charge in [0.2, 0.25) is 0 Å². The second-order valence-corrected chi connectivity index (χ2v) is 4.47. The number of aromatic nitrogens is 1. The molecule has 0 aliphatic heterocycles. The van der Waals surface area contributed by atoms with Crippen molar-refractivity contribution < 1.29 is 0 Å². The van der Waals surface area contributed by atoms with Gasteiger partial charge in [0.1, 0.15) is 4.60 Å². The third-order valence-corrected chi connectivity index (χ3v) is 3.17. The largest absolute Gasteiger partial charge is 0.371 e. The molecule has 0 fully saturated rings. The average molecular weight is 279 g/mol. The Morgan fingerprint density at radius 2 is 1.88 bits per heavy atom. The summed E-state index contributed by atoms with van der Waals surface area (Å²) in [6.07, 6.45) is 0. The Morgan fingerprint density at radius 1 is 1.19 bits per heavy atom. The number of benzene rings is 1. The van der Waals surface area contributed by atoms with Crippen molar-refractivity contribution in [2.75, 3.05) is 18.0 Å². The summed E-state index contributed by atoms with van der Waals surface area (Å²) in [5, 5.41) is 1.22. The molecule has 3 heteroatoms.